The number of aliphatic hydroxyl groups is 1. The fourth-order valence-corrected chi connectivity index (χ4v) is 6.55. The van der Waals surface area contributed by atoms with Crippen LogP contribution in [0, 0.1) is 0 Å². The zero-order valence-electron chi connectivity index (χ0n) is 13.9. The molecular weight excluding hydrogens is 358 g/mol. The number of aliphatic imine (C=N–C) groups is 1. The molecule has 3 unspecified atom stereocenters. The fourth-order valence-electron chi connectivity index (χ4n) is 3.73. The second kappa shape index (κ2) is 6.42. The Morgan fingerprint density at radius 1 is 1.32 bits per heavy atom. The van der Waals surface area contributed by atoms with Crippen LogP contribution < -0.4 is 5.32 Å². The van der Waals surface area contributed by atoms with Crippen LogP contribution in [0.1, 0.15) is 31.4 Å². The smallest absolute Gasteiger partial charge is 0.243 e. The lowest BCUT2D eigenvalue weighted by molar-refractivity contribution is 0.209. The van der Waals surface area contributed by atoms with E-state index >= 15 is 0 Å². The summed E-state index contributed by atoms with van der Waals surface area (Å²) in [5, 5.41) is 14.4. The quantitative estimate of drug-likeness (QED) is 0.834. The average Bonchev–Trinajstić information content (AvgIpc) is 3.31. The molecule has 0 amide bonds. The summed E-state index contributed by atoms with van der Waals surface area (Å²) >= 11 is 1.55. The van der Waals surface area contributed by atoms with Gasteiger partial charge in [0.2, 0.25) is 10.0 Å². The van der Waals surface area contributed by atoms with Gasteiger partial charge in [-0.2, -0.15) is 4.31 Å². The number of benzene rings is 1. The van der Waals surface area contributed by atoms with Crippen molar-refractivity contribution in [2.45, 2.75) is 42.2 Å². The molecule has 0 bridgehead atoms. The van der Waals surface area contributed by atoms with Crippen LogP contribution in [0.25, 0.3) is 0 Å². The van der Waals surface area contributed by atoms with Gasteiger partial charge in [0.1, 0.15) is 12.3 Å². The Morgan fingerprint density at radius 2 is 2.04 bits per heavy atom. The monoisotopic (exact) mass is 379 g/mol. The fraction of sp³-hybridized carbons (Fsp3) is 0.471. The van der Waals surface area contributed by atoms with Crippen LogP contribution in [0.2, 0.25) is 0 Å². The summed E-state index contributed by atoms with van der Waals surface area (Å²) in [5.41, 5.74) is 3.92. The highest BCUT2D eigenvalue weighted by Gasteiger charge is 2.41. The van der Waals surface area contributed by atoms with Crippen LogP contribution in [0.15, 0.2) is 45.4 Å². The van der Waals surface area contributed by atoms with Crippen molar-refractivity contribution in [3.05, 3.63) is 41.1 Å². The molecule has 3 atom stereocenters. The summed E-state index contributed by atoms with van der Waals surface area (Å²) in [6.45, 7) is 3.00. The molecule has 1 aromatic carbocycles. The number of sulfonamides is 1. The molecule has 3 aliphatic rings. The molecule has 0 saturated carbocycles. The Kier molecular flexibility index (Phi) is 4.39. The summed E-state index contributed by atoms with van der Waals surface area (Å²) in [7, 11) is -3.59. The van der Waals surface area contributed by atoms with Crippen LogP contribution in [0.3, 0.4) is 0 Å². The maximum Gasteiger partial charge on any atom is 0.243 e. The first kappa shape index (κ1) is 17.1. The minimum absolute atomic E-state index is 0.0116. The third-order valence-corrected chi connectivity index (χ3v) is 8.03. The average molecular weight is 380 g/mol. The SMILES string of the molecule is CC1=C(C(O)c2ccccc2S(=O)(=O)N2CCCC2)C2SC=NC2N1. The topological polar surface area (TPSA) is 82.0 Å². The number of aliphatic hydroxyl groups excluding tert-OH is 1. The molecule has 1 fully saturated rings. The minimum atomic E-state index is -3.59. The molecule has 0 radical (unpaired) electrons. The van der Waals surface area contributed by atoms with E-state index in [0.29, 0.717) is 18.7 Å². The normalized spacial score (nSPS) is 27.6. The largest absolute Gasteiger partial charge is 0.384 e. The van der Waals surface area contributed by atoms with Crippen LogP contribution in [-0.4, -0.2) is 47.9 Å². The van der Waals surface area contributed by atoms with Crippen molar-refractivity contribution >= 4 is 27.3 Å². The Balaban J connectivity index is 1.73. The van der Waals surface area contributed by atoms with Crippen LogP contribution in [0.4, 0.5) is 0 Å². The van der Waals surface area contributed by atoms with Gasteiger partial charge in [0.15, 0.2) is 0 Å². The first-order chi connectivity index (χ1) is 12.0. The van der Waals surface area contributed by atoms with Gasteiger partial charge >= 0.3 is 0 Å². The lowest BCUT2D eigenvalue weighted by atomic mass is 9.98. The molecule has 4 rings (SSSR count). The summed E-state index contributed by atoms with van der Waals surface area (Å²) in [6.07, 6.45) is 0.730. The van der Waals surface area contributed by atoms with Gasteiger partial charge in [-0.05, 0) is 31.4 Å². The third-order valence-electron chi connectivity index (χ3n) is 5.01. The Bertz CT molecular complexity index is 844. The van der Waals surface area contributed by atoms with Gasteiger partial charge in [-0.1, -0.05) is 18.2 Å². The minimum Gasteiger partial charge on any atom is -0.384 e. The van der Waals surface area contributed by atoms with E-state index in [9.17, 15) is 13.5 Å². The number of hydrogen-bond donors (Lipinski definition) is 2. The standard InChI is InChI=1S/C17H21N3O3S2/c1-11-14(16-17(19-11)18-10-24-16)15(21)12-6-2-3-7-13(12)25(22,23)20-8-4-5-9-20/h2-3,6-7,10,15-17,19,21H,4-5,8-9H2,1H3. The first-order valence-corrected chi connectivity index (χ1v) is 10.8. The van der Waals surface area contributed by atoms with Crippen LogP contribution in [0.5, 0.6) is 0 Å². The third kappa shape index (κ3) is 2.81. The molecule has 25 heavy (non-hydrogen) atoms. The van der Waals surface area contributed by atoms with Gasteiger partial charge in [-0.3, -0.25) is 4.99 Å². The zero-order valence-corrected chi connectivity index (χ0v) is 15.6. The maximum absolute atomic E-state index is 13.0. The number of nitrogens with one attached hydrogen (secondary N) is 1. The van der Waals surface area contributed by atoms with Gasteiger partial charge in [0.25, 0.3) is 0 Å². The van der Waals surface area contributed by atoms with Crippen LogP contribution >= 0.6 is 11.8 Å². The number of hydrogen-bond acceptors (Lipinski definition) is 6. The molecule has 134 valence electrons. The van der Waals surface area contributed by atoms with Gasteiger partial charge in [-0.25, -0.2) is 8.42 Å². The molecular formula is C17H21N3O3S2. The molecule has 0 spiro atoms. The number of fused-ring (bicyclic) bond motifs is 1. The van der Waals surface area contributed by atoms with E-state index in [1.807, 2.05) is 6.92 Å². The van der Waals surface area contributed by atoms with Crippen molar-refractivity contribution in [1.29, 1.82) is 0 Å². The highest BCUT2D eigenvalue weighted by Crippen LogP contribution is 2.42. The summed E-state index contributed by atoms with van der Waals surface area (Å²) in [5.74, 6) is 0. The van der Waals surface area contributed by atoms with Gasteiger partial charge in [0.05, 0.1) is 15.7 Å². The Labute approximate surface area is 152 Å². The first-order valence-electron chi connectivity index (χ1n) is 8.41. The van der Waals surface area contributed by atoms with Crippen molar-refractivity contribution in [3.63, 3.8) is 0 Å². The molecule has 1 aromatic rings. The van der Waals surface area contributed by atoms with E-state index in [4.69, 9.17) is 0 Å². The predicted molar refractivity (Wildman–Crippen MR) is 98.9 cm³/mol. The van der Waals surface area contributed by atoms with E-state index in [1.165, 1.54) is 4.31 Å². The molecule has 6 nitrogen and oxygen atoms in total. The molecule has 0 aromatic heterocycles. The summed E-state index contributed by atoms with van der Waals surface area (Å²) < 4.78 is 27.6. The van der Waals surface area contributed by atoms with Gasteiger partial charge in [0, 0.05) is 24.4 Å². The van der Waals surface area contributed by atoms with Crippen molar-refractivity contribution < 1.29 is 13.5 Å². The number of thioether (sulfide) groups is 1. The Hall–Kier alpha value is -1.35. The lowest BCUT2D eigenvalue weighted by Crippen LogP contribution is -2.29. The van der Waals surface area contributed by atoms with Crippen molar-refractivity contribution in [2.75, 3.05) is 13.1 Å². The molecule has 0 aliphatic carbocycles. The maximum atomic E-state index is 13.0. The van der Waals surface area contributed by atoms with E-state index in [2.05, 4.69) is 10.3 Å². The number of nitrogens with zero attached hydrogens (tertiary/aromatic N) is 2. The van der Waals surface area contributed by atoms with E-state index in [1.54, 1.807) is 41.6 Å². The Morgan fingerprint density at radius 3 is 2.80 bits per heavy atom. The highest BCUT2D eigenvalue weighted by molar-refractivity contribution is 8.13. The summed E-state index contributed by atoms with van der Waals surface area (Å²) in [4.78, 5) is 4.56. The molecule has 3 heterocycles. The van der Waals surface area contributed by atoms with E-state index in [-0.39, 0.29) is 16.3 Å². The lowest BCUT2D eigenvalue weighted by Gasteiger charge is -2.23. The molecule has 8 heteroatoms. The van der Waals surface area contributed by atoms with Gasteiger partial charge < -0.3 is 10.4 Å². The highest BCUT2D eigenvalue weighted by atomic mass is 32.2. The van der Waals surface area contributed by atoms with Crippen molar-refractivity contribution in [1.82, 2.24) is 9.62 Å². The van der Waals surface area contributed by atoms with Crippen LogP contribution in [-0.2, 0) is 10.0 Å². The zero-order chi connectivity index (χ0) is 17.6. The van der Waals surface area contributed by atoms with Gasteiger partial charge in [-0.15, -0.1) is 11.8 Å². The number of allylic oxidation sites excluding steroid dienone is 1. The molecule has 1 saturated heterocycles. The molecule has 3 aliphatic heterocycles. The second-order valence-electron chi connectivity index (χ2n) is 6.53. The molecule has 2 N–H and O–H groups in total. The van der Waals surface area contributed by atoms with E-state index < -0.39 is 16.1 Å². The number of rotatable bonds is 4. The van der Waals surface area contributed by atoms with Crippen molar-refractivity contribution in [3.8, 4) is 0 Å². The second-order valence-corrected chi connectivity index (χ2v) is 9.43. The van der Waals surface area contributed by atoms with E-state index in [0.717, 1.165) is 24.1 Å². The van der Waals surface area contributed by atoms with Crippen molar-refractivity contribution in [2.24, 2.45) is 4.99 Å². The predicted octanol–water partition coefficient (Wildman–Crippen LogP) is 1.85. The summed E-state index contributed by atoms with van der Waals surface area (Å²) in [6, 6.07) is 6.79.